The first-order chi connectivity index (χ1) is 3.15. The molecule has 0 fully saturated rings. The summed E-state index contributed by atoms with van der Waals surface area (Å²) in [6.07, 6.45) is 0. The fourth-order valence-corrected chi connectivity index (χ4v) is 0. The van der Waals surface area contributed by atoms with Crippen molar-refractivity contribution in [3.63, 3.8) is 0 Å². The van der Waals surface area contributed by atoms with Crippen molar-refractivity contribution in [1.82, 2.24) is 0 Å². The van der Waals surface area contributed by atoms with E-state index in [0.29, 0.717) is 0 Å². The van der Waals surface area contributed by atoms with Crippen LogP contribution in [0.1, 0.15) is 0 Å². The van der Waals surface area contributed by atoms with Gasteiger partial charge in [-0.05, 0) is 0 Å². The van der Waals surface area contributed by atoms with E-state index < -0.39 is 29.3 Å². The van der Waals surface area contributed by atoms with Gasteiger partial charge in [-0.25, -0.2) is 0 Å². The largest absolute Gasteiger partial charge is 0.618 e. The standard InChI is InChI=1S/5ClH.Fe.Mg.12H2O/h5*1H;;;12*1H2/q;;;;;+3;+2;;;;;;;;;;;;/p-5. The van der Waals surface area contributed by atoms with Gasteiger partial charge in [0.2, 0.25) is 0 Å². The normalized spacial score (nSPS) is 2.89. The summed E-state index contributed by atoms with van der Waals surface area (Å²) in [4.78, 5) is 0. The Hall–Kier alpha value is 2.26. The molecule has 0 spiro atoms. The smallest absolute Gasteiger partial charge is 0.309 e. The summed E-state index contributed by atoms with van der Waals surface area (Å²) in [7, 11) is 24.5. The zero-order chi connectivity index (χ0) is 6.28. The SMILES string of the molecule is O.O.O.O.O.O.O.O.O.O.O.O.[Cl][Fe]([Cl])[Cl].[Cl][Mg][Cl]. The Bertz CT molecular complexity index is 37.3. The average Bonchev–Trinajstić information content (AvgIpc) is 1.33. The van der Waals surface area contributed by atoms with Crippen LogP contribution in [0.2, 0.25) is 0 Å². The summed E-state index contributed by atoms with van der Waals surface area (Å²) >= 11 is -1.97. The van der Waals surface area contributed by atoms with E-state index in [1.165, 1.54) is 0 Å². The second-order valence-corrected chi connectivity index (χ2v) is 8.35. The van der Waals surface area contributed by atoms with E-state index in [4.69, 9.17) is 48.4 Å². The topological polar surface area (TPSA) is 378 Å². The van der Waals surface area contributed by atoms with Gasteiger partial charge >= 0.3 is 59.6 Å². The molecular weight excluding hydrogens is 449 g/mol. The molecule has 0 heterocycles. The minimum Gasteiger partial charge on any atom is -0.309 e. The van der Waals surface area contributed by atoms with E-state index in [0.717, 1.165) is 0 Å². The van der Waals surface area contributed by atoms with Gasteiger partial charge in [-0.3, -0.25) is 0 Å². The second kappa shape index (κ2) is 192. The van der Waals surface area contributed by atoms with Crippen LogP contribution < -0.4 is 0 Å². The molecule has 0 radical (unpaired) electrons. The van der Waals surface area contributed by atoms with Gasteiger partial charge in [-0.1, -0.05) is 0 Å². The van der Waals surface area contributed by atoms with Crippen LogP contribution in [-0.2, 0) is 11.2 Å². The van der Waals surface area contributed by atoms with Crippen molar-refractivity contribution >= 4 is 66.6 Å². The van der Waals surface area contributed by atoms with Crippen molar-refractivity contribution in [2.24, 2.45) is 0 Å². The molecule has 0 aliphatic rings. The van der Waals surface area contributed by atoms with Crippen molar-refractivity contribution in [2.75, 3.05) is 0 Å². The zero-order valence-electron chi connectivity index (χ0n) is 8.95. The molecule has 0 saturated carbocycles. The van der Waals surface area contributed by atoms with Crippen LogP contribution in [0.3, 0.4) is 0 Å². The van der Waals surface area contributed by atoms with Crippen molar-refractivity contribution in [2.45, 2.75) is 0 Å². The first-order valence-corrected chi connectivity index (χ1v) is 9.77. The van der Waals surface area contributed by atoms with Gasteiger partial charge in [0.1, 0.15) is 0 Å². The Morgan fingerprint density at radius 2 is 0.421 bits per heavy atom. The molecule has 0 amide bonds. The molecule has 12 nitrogen and oxygen atoms in total. The quantitative estimate of drug-likeness (QED) is 0.296. The second-order valence-electron chi connectivity index (χ2n) is 0.253. The molecule has 19 heteroatoms. The van der Waals surface area contributed by atoms with E-state index in [9.17, 15) is 0 Å². The predicted molar refractivity (Wildman–Crippen MR) is 78.4 cm³/mol. The van der Waals surface area contributed by atoms with Crippen molar-refractivity contribution in [1.29, 1.82) is 0 Å². The van der Waals surface area contributed by atoms with E-state index >= 15 is 0 Å². The molecule has 0 aliphatic heterocycles. The molecule has 0 rings (SSSR count). The molecule has 0 aromatic heterocycles. The Morgan fingerprint density at radius 3 is 0.421 bits per heavy atom. The maximum atomic E-state index is 4.90. The summed E-state index contributed by atoms with van der Waals surface area (Å²) in [5.41, 5.74) is 0. The molecular formula is H24Cl5FeMgO12. The summed E-state index contributed by atoms with van der Waals surface area (Å²) in [5, 5.41) is 0. The maximum Gasteiger partial charge on any atom is 0.618 e. The van der Waals surface area contributed by atoms with Gasteiger partial charge in [0.05, 0.1) is 0 Å². The Morgan fingerprint density at radius 1 is 0.421 bits per heavy atom. The molecule has 0 aromatic carbocycles. The third-order valence-electron chi connectivity index (χ3n) is 0. The molecule has 0 saturated heterocycles. The van der Waals surface area contributed by atoms with Crippen LogP contribution in [0.25, 0.3) is 0 Å². The van der Waals surface area contributed by atoms with Gasteiger partial charge < -0.3 is 83.9 Å². The monoisotopic (exact) mass is 471 g/mol. The van der Waals surface area contributed by atoms with E-state index in [2.05, 4.69) is 0 Å². The molecule has 0 aromatic rings. The molecule has 24 N–H and O–H groups in total. The van der Waals surface area contributed by atoms with Crippen molar-refractivity contribution in [3.05, 3.63) is 0 Å². The Labute approximate surface area is 142 Å². The molecule has 141 valence electrons. The Kier molecular flexibility index (Phi) is 1670. The third kappa shape index (κ3) is 1330. The third-order valence-corrected chi connectivity index (χ3v) is 0. The van der Waals surface area contributed by atoms with E-state index in [1.807, 2.05) is 0 Å². The zero-order valence-corrected chi connectivity index (χ0v) is 15.2. The molecule has 0 aliphatic carbocycles. The fourth-order valence-electron chi connectivity index (χ4n) is 0. The van der Waals surface area contributed by atoms with E-state index in [-0.39, 0.29) is 65.7 Å². The van der Waals surface area contributed by atoms with Crippen LogP contribution in [0.15, 0.2) is 0 Å². The number of halogens is 5. The predicted octanol–water partition coefficient (Wildman–Crippen LogP) is -6.83. The van der Waals surface area contributed by atoms with Gasteiger partial charge in [0, 0.05) is 0 Å². The van der Waals surface area contributed by atoms with Crippen LogP contribution in [-0.4, -0.2) is 83.9 Å². The molecule has 19 heavy (non-hydrogen) atoms. The average molecular weight is 474 g/mol. The molecule has 0 atom stereocenters. The van der Waals surface area contributed by atoms with Crippen molar-refractivity contribution < 1.29 is 76.9 Å². The van der Waals surface area contributed by atoms with Crippen LogP contribution in [0.4, 0.5) is 0 Å². The summed E-state index contributed by atoms with van der Waals surface area (Å²) in [6.45, 7) is 0. The summed E-state index contributed by atoms with van der Waals surface area (Å²) in [5.74, 6) is 0. The summed E-state index contributed by atoms with van der Waals surface area (Å²) in [6, 6.07) is 0. The number of hydrogen-bond acceptors (Lipinski definition) is 0. The van der Waals surface area contributed by atoms with Gasteiger partial charge in [0.25, 0.3) is 0 Å². The summed E-state index contributed by atoms with van der Waals surface area (Å²) < 4.78 is 0. The van der Waals surface area contributed by atoms with Crippen LogP contribution in [0.5, 0.6) is 0 Å². The first-order valence-electron chi connectivity index (χ1n) is 0.935. The van der Waals surface area contributed by atoms with Gasteiger partial charge in [-0.15, -0.1) is 0 Å². The van der Waals surface area contributed by atoms with E-state index in [1.54, 1.807) is 0 Å². The molecule has 0 bridgehead atoms. The van der Waals surface area contributed by atoms with Gasteiger partial charge in [-0.2, -0.15) is 0 Å². The van der Waals surface area contributed by atoms with Crippen LogP contribution >= 0.6 is 48.4 Å². The fraction of sp³-hybridized carbons (Fsp3) is 0. The maximum absolute atomic E-state index is 4.90. The number of rotatable bonds is 0. The van der Waals surface area contributed by atoms with Crippen LogP contribution in [0, 0.1) is 0 Å². The Balaban J connectivity index is -0.00000000135. The van der Waals surface area contributed by atoms with Gasteiger partial charge in [0.15, 0.2) is 0 Å². The number of hydrogen-bond donors (Lipinski definition) is 0. The molecule has 0 unspecified atom stereocenters. The first kappa shape index (κ1) is 166. The minimum atomic E-state index is -1.33. The minimum absolute atomic E-state index is 0. The van der Waals surface area contributed by atoms with Crippen molar-refractivity contribution in [3.8, 4) is 0 Å².